The molecule has 1 heterocycles. The van der Waals surface area contributed by atoms with Gasteiger partial charge in [0.1, 0.15) is 12.6 Å². The normalized spacial score (nSPS) is 12.7. The number of anilines is 1. The summed E-state index contributed by atoms with van der Waals surface area (Å²) in [5, 5.41) is 11.5. The molecule has 1 N–H and O–H groups in total. The molecule has 23 heavy (non-hydrogen) atoms. The maximum Gasteiger partial charge on any atom is 0.262 e. The number of amides is 3. The molecule has 2 aromatic carbocycles. The molecule has 3 rings (SSSR count). The average Bonchev–Trinajstić information content (AvgIpc) is 2.81. The van der Waals surface area contributed by atoms with Gasteiger partial charge in [0.05, 0.1) is 22.4 Å². The molecule has 6 heteroatoms. The van der Waals surface area contributed by atoms with Crippen LogP contribution in [-0.4, -0.2) is 29.2 Å². The smallest absolute Gasteiger partial charge is 0.262 e. The van der Waals surface area contributed by atoms with Crippen molar-refractivity contribution in [2.24, 2.45) is 0 Å². The number of imide groups is 1. The Hall–Kier alpha value is -3.46. The van der Waals surface area contributed by atoms with E-state index in [2.05, 4.69) is 5.32 Å². The topological polar surface area (TPSA) is 90.3 Å². The van der Waals surface area contributed by atoms with Gasteiger partial charge in [-0.05, 0) is 24.3 Å². The number of carbonyl (C=O) groups excluding carboxylic acids is 3. The van der Waals surface area contributed by atoms with Crippen LogP contribution in [-0.2, 0) is 4.79 Å². The van der Waals surface area contributed by atoms with E-state index in [4.69, 9.17) is 5.26 Å². The van der Waals surface area contributed by atoms with Crippen LogP contribution in [0, 0.1) is 11.3 Å². The van der Waals surface area contributed by atoms with Crippen LogP contribution in [0.2, 0.25) is 0 Å². The highest BCUT2D eigenvalue weighted by Gasteiger charge is 2.36. The fraction of sp³-hybridized carbons (Fsp3) is 0.0588. The van der Waals surface area contributed by atoms with Crippen LogP contribution in [0.15, 0.2) is 48.5 Å². The van der Waals surface area contributed by atoms with E-state index in [0.29, 0.717) is 22.4 Å². The molecule has 6 nitrogen and oxygen atoms in total. The molecule has 0 saturated heterocycles. The molecule has 0 aliphatic carbocycles. The summed E-state index contributed by atoms with van der Waals surface area (Å²) in [5.41, 5.74) is 1.24. The van der Waals surface area contributed by atoms with Gasteiger partial charge in [0, 0.05) is 0 Å². The highest BCUT2D eigenvalue weighted by Crippen LogP contribution is 2.22. The van der Waals surface area contributed by atoms with E-state index >= 15 is 0 Å². The van der Waals surface area contributed by atoms with Gasteiger partial charge in [-0.2, -0.15) is 5.26 Å². The maximum atomic E-state index is 12.2. The third kappa shape index (κ3) is 2.56. The van der Waals surface area contributed by atoms with Gasteiger partial charge in [0.25, 0.3) is 11.8 Å². The van der Waals surface area contributed by atoms with Crippen molar-refractivity contribution in [3.8, 4) is 6.07 Å². The van der Waals surface area contributed by atoms with Crippen LogP contribution in [0.3, 0.4) is 0 Å². The van der Waals surface area contributed by atoms with E-state index < -0.39 is 24.3 Å². The number of benzene rings is 2. The van der Waals surface area contributed by atoms with Gasteiger partial charge in [0.2, 0.25) is 5.91 Å². The minimum Gasteiger partial charge on any atom is -0.323 e. The summed E-state index contributed by atoms with van der Waals surface area (Å²) in [7, 11) is 0. The van der Waals surface area contributed by atoms with E-state index in [0.717, 1.165) is 4.90 Å². The van der Waals surface area contributed by atoms with Gasteiger partial charge < -0.3 is 5.32 Å². The highest BCUT2D eigenvalue weighted by molar-refractivity contribution is 6.22. The van der Waals surface area contributed by atoms with Crippen LogP contribution < -0.4 is 5.32 Å². The monoisotopic (exact) mass is 305 g/mol. The summed E-state index contributed by atoms with van der Waals surface area (Å²) in [6, 6.07) is 14.9. The fourth-order valence-corrected chi connectivity index (χ4v) is 2.41. The molecule has 3 amide bonds. The van der Waals surface area contributed by atoms with E-state index in [1.807, 2.05) is 6.07 Å². The first-order valence-corrected chi connectivity index (χ1v) is 6.86. The minimum atomic E-state index is -0.540. The van der Waals surface area contributed by atoms with Crippen LogP contribution >= 0.6 is 0 Å². The van der Waals surface area contributed by atoms with Crippen LogP contribution in [0.4, 0.5) is 5.69 Å². The number of hydrogen-bond donors (Lipinski definition) is 1. The maximum absolute atomic E-state index is 12.2. The number of nitrogens with zero attached hydrogens (tertiary/aromatic N) is 2. The molecule has 1 aliphatic heterocycles. The van der Waals surface area contributed by atoms with Crippen LogP contribution in [0.5, 0.6) is 0 Å². The van der Waals surface area contributed by atoms with E-state index in [1.54, 1.807) is 48.5 Å². The second kappa shape index (κ2) is 5.73. The molecule has 0 unspecified atom stereocenters. The Balaban J connectivity index is 1.76. The van der Waals surface area contributed by atoms with Crippen LogP contribution in [0.1, 0.15) is 26.3 Å². The Morgan fingerprint density at radius 3 is 2.17 bits per heavy atom. The van der Waals surface area contributed by atoms with Gasteiger partial charge >= 0.3 is 0 Å². The van der Waals surface area contributed by atoms with Crippen LogP contribution in [0.25, 0.3) is 0 Å². The lowest BCUT2D eigenvalue weighted by atomic mass is 10.1. The molecule has 112 valence electrons. The number of para-hydroxylation sites is 1. The molecule has 0 aromatic heterocycles. The minimum absolute atomic E-state index is 0.294. The van der Waals surface area contributed by atoms with Crippen molar-refractivity contribution in [3.63, 3.8) is 0 Å². The first-order chi connectivity index (χ1) is 11.1. The molecule has 0 atom stereocenters. The van der Waals surface area contributed by atoms with Crippen molar-refractivity contribution in [3.05, 3.63) is 65.2 Å². The number of carbonyl (C=O) groups is 3. The summed E-state index contributed by atoms with van der Waals surface area (Å²) >= 11 is 0. The van der Waals surface area contributed by atoms with Gasteiger partial charge in [-0.25, -0.2) is 0 Å². The zero-order valence-corrected chi connectivity index (χ0v) is 11.9. The second-order valence-electron chi connectivity index (χ2n) is 4.95. The Labute approximate surface area is 131 Å². The number of nitrogens with one attached hydrogen (secondary N) is 1. The summed E-state index contributed by atoms with van der Waals surface area (Å²) in [6.07, 6.45) is 0. The lowest BCUT2D eigenvalue weighted by molar-refractivity contribution is -0.116. The molecule has 1 aliphatic rings. The SMILES string of the molecule is N#Cc1ccccc1NC(=O)CN1C(=O)c2ccccc2C1=O. The molecule has 0 spiro atoms. The largest absolute Gasteiger partial charge is 0.323 e. The van der Waals surface area contributed by atoms with Gasteiger partial charge in [-0.3, -0.25) is 19.3 Å². The van der Waals surface area contributed by atoms with Gasteiger partial charge in [0.15, 0.2) is 0 Å². The van der Waals surface area contributed by atoms with Crippen molar-refractivity contribution in [2.75, 3.05) is 11.9 Å². The summed E-state index contributed by atoms with van der Waals surface area (Å²) in [4.78, 5) is 37.4. The zero-order chi connectivity index (χ0) is 16.4. The van der Waals surface area contributed by atoms with E-state index in [-0.39, 0.29) is 0 Å². The average molecular weight is 305 g/mol. The lowest BCUT2D eigenvalue weighted by Crippen LogP contribution is -2.37. The van der Waals surface area contributed by atoms with Crippen molar-refractivity contribution < 1.29 is 14.4 Å². The number of hydrogen-bond acceptors (Lipinski definition) is 4. The summed E-state index contributed by atoms with van der Waals surface area (Å²) in [5.74, 6) is -1.52. The fourth-order valence-electron chi connectivity index (χ4n) is 2.41. The third-order valence-electron chi connectivity index (χ3n) is 3.50. The van der Waals surface area contributed by atoms with Crippen molar-refractivity contribution in [1.82, 2.24) is 4.90 Å². The number of fused-ring (bicyclic) bond motifs is 1. The molecule has 0 radical (unpaired) electrons. The molecule has 2 aromatic rings. The summed E-state index contributed by atoms with van der Waals surface area (Å²) in [6.45, 7) is -0.397. The second-order valence-corrected chi connectivity index (χ2v) is 4.95. The highest BCUT2D eigenvalue weighted by atomic mass is 16.2. The van der Waals surface area contributed by atoms with E-state index in [9.17, 15) is 14.4 Å². The Morgan fingerprint density at radius 1 is 1.00 bits per heavy atom. The Bertz CT molecular complexity index is 832. The van der Waals surface area contributed by atoms with Crippen molar-refractivity contribution in [1.29, 1.82) is 5.26 Å². The van der Waals surface area contributed by atoms with E-state index in [1.165, 1.54) is 0 Å². The Kier molecular flexibility index (Phi) is 3.61. The molecule has 0 saturated carbocycles. The molecular formula is C17H11N3O3. The predicted molar refractivity (Wildman–Crippen MR) is 81.6 cm³/mol. The number of rotatable bonds is 3. The standard InChI is InChI=1S/C17H11N3O3/c18-9-11-5-1-4-8-14(11)19-15(21)10-20-16(22)12-6-2-3-7-13(12)17(20)23/h1-8H,10H2,(H,19,21). The molecule has 0 fully saturated rings. The molecule has 0 bridgehead atoms. The number of nitriles is 1. The predicted octanol–water partition coefficient (Wildman–Crippen LogP) is 1.79. The first kappa shape index (κ1) is 14.5. The molecular weight excluding hydrogens is 294 g/mol. The zero-order valence-electron chi connectivity index (χ0n) is 11.9. The Morgan fingerprint density at radius 2 is 1.57 bits per heavy atom. The quantitative estimate of drug-likeness (QED) is 0.875. The van der Waals surface area contributed by atoms with Crippen molar-refractivity contribution in [2.45, 2.75) is 0 Å². The lowest BCUT2D eigenvalue weighted by Gasteiger charge is -2.14. The first-order valence-electron chi connectivity index (χ1n) is 6.86. The van der Waals surface area contributed by atoms with Crippen molar-refractivity contribution >= 4 is 23.4 Å². The third-order valence-corrected chi connectivity index (χ3v) is 3.50. The van der Waals surface area contributed by atoms with Gasteiger partial charge in [-0.15, -0.1) is 0 Å². The van der Waals surface area contributed by atoms with Gasteiger partial charge in [-0.1, -0.05) is 24.3 Å². The summed E-state index contributed by atoms with van der Waals surface area (Å²) < 4.78 is 0.